The molecule has 182 valence electrons. The van der Waals surface area contributed by atoms with Crippen LogP contribution in [0.4, 0.5) is 0 Å². The molecule has 1 unspecified atom stereocenters. The number of fused-ring (bicyclic) bond motifs is 1. The molecule has 0 aliphatic carbocycles. The molecule has 2 aliphatic heterocycles. The van der Waals surface area contributed by atoms with E-state index >= 15 is 0 Å². The number of H-pyrrole nitrogens is 1. The van der Waals surface area contributed by atoms with Crippen LogP contribution in [0.25, 0.3) is 0 Å². The zero-order valence-electron chi connectivity index (χ0n) is 20.9. The molecule has 0 spiro atoms. The molecule has 0 aromatic carbocycles. The van der Waals surface area contributed by atoms with Crippen molar-refractivity contribution >= 4 is 17.1 Å². The van der Waals surface area contributed by atoms with Gasteiger partial charge in [-0.15, -0.1) is 0 Å². The average molecular weight is 485 g/mol. The largest absolute Gasteiger partial charge is 0.414 e. The molecule has 8 nitrogen and oxygen atoms in total. The molecule has 1 N–H and O–H groups in total. The molecule has 2 aliphatic rings. The molecule has 2 fully saturated rings. The van der Waals surface area contributed by atoms with Gasteiger partial charge in [0.2, 0.25) is 0 Å². The van der Waals surface area contributed by atoms with Gasteiger partial charge in [-0.1, -0.05) is 62.3 Å². The minimum atomic E-state index is -2.75. The summed E-state index contributed by atoms with van der Waals surface area (Å²) in [7, 11) is -5.39. The number of aromatic nitrogens is 2. The van der Waals surface area contributed by atoms with Crippen LogP contribution >= 0.6 is 0 Å². The molecule has 10 heteroatoms. The predicted octanol–water partition coefficient (Wildman–Crippen LogP) is 4.03. The van der Waals surface area contributed by atoms with Crippen molar-refractivity contribution in [2.45, 2.75) is 103 Å². The van der Waals surface area contributed by atoms with Gasteiger partial charge in [-0.3, -0.25) is 14.3 Å². The third-order valence-electron chi connectivity index (χ3n) is 7.11. The van der Waals surface area contributed by atoms with E-state index < -0.39 is 34.6 Å². The van der Waals surface area contributed by atoms with E-state index in [2.05, 4.69) is 60.4 Å². The highest BCUT2D eigenvalue weighted by molar-refractivity contribution is 6.83. The van der Waals surface area contributed by atoms with E-state index in [-0.39, 0.29) is 40.3 Å². The Balaban J connectivity index is 2.08. The van der Waals surface area contributed by atoms with Crippen molar-refractivity contribution in [3.05, 3.63) is 33.1 Å². The first kappa shape index (κ1) is 25.6. The summed E-state index contributed by atoms with van der Waals surface area (Å²) >= 11 is 0. The Bertz CT molecular complexity index is 896. The molecule has 4 atom stereocenters. The fourth-order valence-corrected chi connectivity index (χ4v) is 16.6. The zero-order valence-corrected chi connectivity index (χ0v) is 22.9. The van der Waals surface area contributed by atoms with Crippen molar-refractivity contribution in [2.24, 2.45) is 5.92 Å². The van der Waals surface area contributed by atoms with Crippen molar-refractivity contribution < 1.29 is 17.7 Å². The lowest BCUT2D eigenvalue weighted by atomic mass is 10.0. The maximum absolute atomic E-state index is 12.5. The van der Waals surface area contributed by atoms with E-state index in [4.69, 9.17) is 17.7 Å². The maximum atomic E-state index is 12.5. The number of nitrogens with one attached hydrogen (secondary N) is 1. The summed E-state index contributed by atoms with van der Waals surface area (Å²) in [6.07, 6.45) is 0.375. The Labute approximate surface area is 193 Å². The number of rotatable bonds is 5. The third-order valence-corrected chi connectivity index (χ3v) is 17.4. The van der Waals surface area contributed by atoms with Crippen molar-refractivity contribution in [2.75, 3.05) is 6.61 Å². The van der Waals surface area contributed by atoms with Crippen LogP contribution in [0.2, 0.25) is 22.2 Å². The minimum absolute atomic E-state index is 0.118. The van der Waals surface area contributed by atoms with Crippen LogP contribution in [0.15, 0.2) is 21.9 Å². The van der Waals surface area contributed by atoms with Crippen LogP contribution in [0.1, 0.15) is 68.5 Å². The predicted molar refractivity (Wildman–Crippen MR) is 128 cm³/mol. The van der Waals surface area contributed by atoms with Crippen molar-refractivity contribution in [3.63, 3.8) is 0 Å². The summed E-state index contributed by atoms with van der Waals surface area (Å²) in [5, 5.41) is 0. The van der Waals surface area contributed by atoms with Crippen LogP contribution < -0.4 is 11.2 Å². The molecule has 0 bridgehead atoms. The summed E-state index contributed by atoms with van der Waals surface area (Å²) in [6.45, 7) is 19.9. The van der Waals surface area contributed by atoms with Gasteiger partial charge >= 0.3 is 22.8 Å². The quantitative estimate of drug-likeness (QED) is 0.635. The Morgan fingerprint density at radius 1 is 0.969 bits per heavy atom. The lowest BCUT2D eigenvalue weighted by molar-refractivity contribution is -0.0572. The third kappa shape index (κ3) is 4.25. The summed E-state index contributed by atoms with van der Waals surface area (Å²) in [5.74, 6) is -0.118. The number of ether oxygens (including phenoxy) is 1. The lowest BCUT2D eigenvalue weighted by Gasteiger charge is -2.51. The molecule has 0 radical (unpaired) electrons. The number of hydrogen-bond donors (Lipinski definition) is 1. The van der Waals surface area contributed by atoms with Crippen molar-refractivity contribution in [1.82, 2.24) is 9.55 Å². The van der Waals surface area contributed by atoms with E-state index in [9.17, 15) is 9.59 Å². The molecular weight excluding hydrogens is 444 g/mol. The van der Waals surface area contributed by atoms with Gasteiger partial charge in [0, 0.05) is 18.2 Å². The van der Waals surface area contributed by atoms with Gasteiger partial charge in [-0.05, 0) is 22.2 Å². The van der Waals surface area contributed by atoms with E-state index in [1.54, 1.807) is 0 Å². The van der Waals surface area contributed by atoms with Crippen LogP contribution in [0, 0.1) is 5.92 Å². The molecular formula is C22H40N2O6Si2. The fourth-order valence-electron chi connectivity index (χ4n) is 5.28. The molecule has 3 heterocycles. The fraction of sp³-hybridized carbons (Fsp3) is 0.818. The lowest BCUT2D eigenvalue weighted by Crippen LogP contribution is -2.65. The zero-order chi connectivity index (χ0) is 24.0. The second-order valence-corrected chi connectivity index (χ2v) is 19.3. The van der Waals surface area contributed by atoms with Crippen LogP contribution in [0.5, 0.6) is 0 Å². The number of aromatic amines is 1. The van der Waals surface area contributed by atoms with Crippen LogP contribution in [-0.4, -0.2) is 45.5 Å². The van der Waals surface area contributed by atoms with E-state index in [0.29, 0.717) is 6.61 Å². The van der Waals surface area contributed by atoms with Gasteiger partial charge in [0.05, 0.1) is 12.7 Å². The Morgan fingerprint density at radius 2 is 1.53 bits per heavy atom. The molecule has 3 rings (SSSR count). The second kappa shape index (κ2) is 9.30. The first-order valence-electron chi connectivity index (χ1n) is 11.8. The first-order chi connectivity index (χ1) is 14.9. The minimum Gasteiger partial charge on any atom is -0.414 e. The average Bonchev–Trinajstić information content (AvgIpc) is 2.96. The van der Waals surface area contributed by atoms with Crippen LogP contribution in [-0.2, 0) is 17.7 Å². The summed E-state index contributed by atoms with van der Waals surface area (Å²) in [5.41, 5.74) is 0.0381. The van der Waals surface area contributed by atoms with Gasteiger partial charge in [-0.2, -0.15) is 0 Å². The number of hydrogen-bond acceptors (Lipinski definition) is 6. The summed E-state index contributed by atoms with van der Waals surface area (Å²) < 4.78 is 28.9. The van der Waals surface area contributed by atoms with Gasteiger partial charge in [-0.25, -0.2) is 4.79 Å². The second-order valence-electron chi connectivity index (χ2n) is 10.5. The highest BCUT2D eigenvalue weighted by Crippen LogP contribution is 2.49. The maximum Gasteiger partial charge on any atom is 0.335 e. The summed E-state index contributed by atoms with van der Waals surface area (Å²) in [4.78, 5) is 26.4. The highest BCUT2D eigenvalue weighted by atomic mass is 28.5. The SMILES string of the molecule is CC1[C@H](n2ccc(=O)[nH]c2=O)O[C@@H]2CO[Si](C(C)C)(C(C)C)O[Si](C(C)C)(C(C)C)O[C@@H]12. The molecule has 32 heavy (non-hydrogen) atoms. The molecule has 2 saturated heterocycles. The van der Waals surface area contributed by atoms with Crippen LogP contribution in [0.3, 0.4) is 0 Å². The molecule has 1 aromatic heterocycles. The first-order valence-corrected chi connectivity index (χ1v) is 15.8. The van der Waals surface area contributed by atoms with Crippen molar-refractivity contribution in [3.8, 4) is 0 Å². The Kier molecular flexibility index (Phi) is 7.44. The van der Waals surface area contributed by atoms with Gasteiger partial charge in [0.1, 0.15) is 12.3 Å². The van der Waals surface area contributed by atoms with E-state index in [1.165, 1.54) is 16.8 Å². The monoisotopic (exact) mass is 484 g/mol. The van der Waals surface area contributed by atoms with Gasteiger partial charge in [0.25, 0.3) is 5.56 Å². The normalized spacial score (nSPS) is 30.0. The smallest absolute Gasteiger partial charge is 0.335 e. The molecule has 1 aromatic rings. The Morgan fingerprint density at radius 3 is 2.03 bits per heavy atom. The topological polar surface area (TPSA) is 91.8 Å². The summed E-state index contributed by atoms with van der Waals surface area (Å²) in [6, 6.07) is 1.34. The molecule has 0 amide bonds. The van der Waals surface area contributed by atoms with Gasteiger partial charge < -0.3 is 17.7 Å². The van der Waals surface area contributed by atoms with E-state index in [0.717, 1.165) is 0 Å². The number of nitrogens with zero attached hydrogens (tertiary/aromatic N) is 1. The molecule has 0 saturated carbocycles. The standard InChI is InChI=1S/C22H40N2O6Si2/c1-13(2)31(14(3)4)27-12-18-20(29-32(30-31,15(5)6)16(7)8)17(9)21(28-18)24-11-10-19(25)23-22(24)26/h10-11,13-18,20-21H,12H2,1-9H3,(H,23,25,26)/t17?,18-,20+,21-/m1/s1. The van der Waals surface area contributed by atoms with Gasteiger partial charge in [0.15, 0.2) is 0 Å². The highest BCUT2D eigenvalue weighted by Gasteiger charge is 2.61. The Hall–Kier alpha value is -1.05. The van der Waals surface area contributed by atoms with Crippen molar-refractivity contribution in [1.29, 1.82) is 0 Å². The van der Waals surface area contributed by atoms with E-state index in [1.807, 2.05) is 6.92 Å².